The van der Waals surface area contributed by atoms with E-state index in [0.29, 0.717) is 28.9 Å². The van der Waals surface area contributed by atoms with Gasteiger partial charge in [0.15, 0.2) is 15.7 Å². The average molecular weight is 558 g/mol. The number of ether oxygens (including phenoxy) is 1. The van der Waals surface area contributed by atoms with Crippen LogP contribution in [0, 0.1) is 5.82 Å². The van der Waals surface area contributed by atoms with Crippen molar-refractivity contribution in [3.05, 3.63) is 41.5 Å². The number of sulfone groups is 1. The minimum atomic E-state index is -3.50. The molecule has 200 valence electrons. The van der Waals surface area contributed by atoms with Gasteiger partial charge in [0.1, 0.15) is 22.9 Å². The Hall–Kier alpha value is -3.12. The number of thiophene rings is 1. The Morgan fingerprint density at radius 1 is 1.08 bits per heavy atom. The Labute approximate surface area is 224 Å². The summed E-state index contributed by atoms with van der Waals surface area (Å²) >= 11 is 1.38. The molecular weight excluding hydrogens is 529 g/mol. The summed E-state index contributed by atoms with van der Waals surface area (Å²) in [4.78, 5) is 15.5. The maximum Gasteiger partial charge on any atom is 0.324 e. The fraction of sp³-hybridized carbons (Fsp3) is 0.462. The van der Waals surface area contributed by atoms with Crippen LogP contribution in [0.25, 0.3) is 21.3 Å². The fourth-order valence-corrected chi connectivity index (χ4v) is 6.84. The van der Waals surface area contributed by atoms with Crippen LogP contribution in [0.15, 0.2) is 39.3 Å². The van der Waals surface area contributed by atoms with E-state index < -0.39 is 15.7 Å². The van der Waals surface area contributed by atoms with Gasteiger partial charge in [-0.15, -0.1) is 11.3 Å². The topological polar surface area (TPSA) is 111 Å². The largest absolute Gasteiger partial charge is 0.473 e. The van der Waals surface area contributed by atoms with E-state index in [9.17, 15) is 12.8 Å². The highest BCUT2D eigenvalue weighted by Gasteiger charge is 2.28. The molecule has 1 saturated carbocycles. The molecule has 2 fully saturated rings. The first-order chi connectivity index (χ1) is 18.4. The highest BCUT2D eigenvalue weighted by molar-refractivity contribution is 7.90. The van der Waals surface area contributed by atoms with Gasteiger partial charge in [0.2, 0.25) is 5.88 Å². The molecule has 2 aliphatic rings. The third kappa shape index (κ3) is 4.98. The van der Waals surface area contributed by atoms with Gasteiger partial charge >= 0.3 is 6.01 Å². The first-order valence-corrected chi connectivity index (χ1v) is 15.6. The van der Waals surface area contributed by atoms with Crippen LogP contribution in [0.1, 0.15) is 56.7 Å². The van der Waals surface area contributed by atoms with Crippen molar-refractivity contribution in [1.82, 2.24) is 20.1 Å². The minimum Gasteiger partial charge on any atom is -0.473 e. The zero-order valence-electron chi connectivity index (χ0n) is 21.0. The second-order valence-electron chi connectivity index (χ2n) is 9.99. The summed E-state index contributed by atoms with van der Waals surface area (Å²) in [7, 11) is -3.50. The van der Waals surface area contributed by atoms with E-state index in [-0.39, 0.29) is 16.6 Å². The summed E-state index contributed by atoms with van der Waals surface area (Å²) in [6.07, 6.45) is 9.97. The third-order valence-electron chi connectivity index (χ3n) is 7.37. The van der Waals surface area contributed by atoms with Crippen LogP contribution in [-0.4, -0.2) is 54.0 Å². The van der Waals surface area contributed by atoms with E-state index in [1.54, 1.807) is 5.38 Å². The summed E-state index contributed by atoms with van der Waals surface area (Å²) in [6, 6.07) is 4.51. The second kappa shape index (κ2) is 10.2. The number of piperidine rings is 1. The van der Waals surface area contributed by atoms with E-state index in [1.807, 2.05) is 0 Å². The van der Waals surface area contributed by atoms with Crippen molar-refractivity contribution < 1.29 is 22.1 Å². The number of hydrogen-bond donors (Lipinski definition) is 0. The predicted octanol–water partition coefficient (Wildman–Crippen LogP) is 5.38. The number of aromatic nitrogens is 4. The molecule has 6 rings (SSSR count). The fourth-order valence-electron chi connectivity index (χ4n) is 5.25. The average Bonchev–Trinajstić information content (AvgIpc) is 3.58. The van der Waals surface area contributed by atoms with Crippen molar-refractivity contribution in [2.75, 3.05) is 24.2 Å². The molecule has 4 aromatic rings. The summed E-state index contributed by atoms with van der Waals surface area (Å²) < 4.78 is 51.0. The molecule has 38 heavy (non-hydrogen) atoms. The van der Waals surface area contributed by atoms with Crippen LogP contribution in [0.5, 0.6) is 5.88 Å². The van der Waals surface area contributed by atoms with Crippen molar-refractivity contribution in [3.8, 4) is 17.0 Å². The van der Waals surface area contributed by atoms with E-state index >= 15 is 0 Å². The van der Waals surface area contributed by atoms with E-state index in [1.165, 1.54) is 49.1 Å². The second-order valence-corrected chi connectivity index (χ2v) is 12.9. The molecule has 12 heteroatoms. The normalized spacial score (nSPS) is 17.8. The first-order valence-electron chi connectivity index (χ1n) is 12.8. The Morgan fingerprint density at radius 2 is 1.87 bits per heavy atom. The lowest BCUT2D eigenvalue weighted by Crippen LogP contribution is -2.38. The van der Waals surface area contributed by atoms with Crippen molar-refractivity contribution in [2.24, 2.45) is 0 Å². The van der Waals surface area contributed by atoms with Gasteiger partial charge < -0.3 is 14.2 Å². The maximum atomic E-state index is 14.9. The Morgan fingerprint density at radius 3 is 2.61 bits per heavy atom. The molecule has 1 aliphatic heterocycles. The van der Waals surface area contributed by atoms with Gasteiger partial charge in [-0.3, -0.25) is 0 Å². The van der Waals surface area contributed by atoms with E-state index in [0.717, 1.165) is 61.6 Å². The predicted molar refractivity (Wildman–Crippen MR) is 142 cm³/mol. The molecule has 4 heterocycles. The van der Waals surface area contributed by atoms with Crippen molar-refractivity contribution >= 4 is 37.4 Å². The molecule has 0 atom stereocenters. The number of hydrogen-bond acceptors (Lipinski definition) is 10. The summed E-state index contributed by atoms with van der Waals surface area (Å²) in [5.74, 6) is 1.09. The van der Waals surface area contributed by atoms with Crippen molar-refractivity contribution in [1.29, 1.82) is 0 Å². The van der Waals surface area contributed by atoms with Gasteiger partial charge in [-0.25, -0.2) is 22.8 Å². The summed E-state index contributed by atoms with van der Waals surface area (Å²) in [6.45, 7) is 1.47. The van der Waals surface area contributed by atoms with Crippen LogP contribution < -0.4 is 9.64 Å². The Kier molecular flexibility index (Phi) is 6.77. The van der Waals surface area contributed by atoms with Crippen LogP contribution in [0.4, 0.5) is 10.4 Å². The number of halogens is 1. The molecule has 1 saturated heterocycles. The monoisotopic (exact) mass is 557 g/mol. The lowest BCUT2D eigenvalue weighted by Gasteiger charge is -2.30. The molecule has 0 spiro atoms. The molecule has 1 aliphatic carbocycles. The molecule has 3 aromatic heterocycles. The van der Waals surface area contributed by atoms with Crippen LogP contribution in [0.2, 0.25) is 0 Å². The lowest BCUT2D eigenvalue weighted by atomic mass is 9.89. The first kappa shape index (κ1) is 25.2. The quantitative estimate of drug-likeness (QED) is 0.308. The molecule has 0 N–H and O–H groups in total. The zero-order chi connectivity index (χ0) is 26.3. The number of fused-ring (bicyclic) bond motifs is 1. The van der Waals surface area contributed by atoms with Crippen molar-refractivity contribution in [2.45, 2.75) is 61.9 Å². The highest BCUT2D eigenvalue weighted by atomic mass is 32.2. The molecule has 0 radical (unpaired) electrons. The zero-order valence-corrected chi connectivity index (χ0v) is 22.6. The SMILES string of the molecule is CS(=O)(=O)c1ccc(-c2csc3c(OC4CCN(c5nc(C6CCCCC6)no5)CC4)ncnc23)c(F)c1. The van der Waals surface area contributed by atoms with Gasteiger partial charge in [0, 0.05) is 54.6 Å². The van der Waals surface area contributed by atoms with E-state index in [4.69, 9.17) is 9.26 Å². The molecule has 1 aromatic carbocycles. The lowest BCUT2D eigenvalue weighted by molar-refractivity contribution is 0.164. The Bertz CT molecular complexity index is 1560. The van der Waals surface area contributed by atoms with Gasteiger partial charge in [0.05, 0.1) is 10.4 Å². The van der Waals surface area contributed by atoms with Crippen LogP contribution in [-0.2, 0) is 9.84 Å². The maximum absolute atomic E-state index is 14.9. The van der Waals surface area contributed by atoms with Gasteiger partial charge in [-0.2, -0.15) is 4.98 Å². The van der Waals surface area contributed by atoms with Gasteiger partial charge in [0.25, 0.3) is 0 Å². The molecule has 9 nitrogen and oxygen atoms in total. The smallest absolute Gasteiger partial charge is 0.324 e. The minimum absolute atomic E-state index is 0.0404. The Balaban J connectivity index is 1.14. The molecule has 0 bridgehead atoms. The molecule has 0 amide bonds. The van der Waals surface area contributed by atoms with E-state index in [2.05, 4.69) is 25.0 Å². The number of benzene rings is 1. The van der Waals surface area contributed by atoms with Crippen LogP contribution >= 0.6 is 11.3 Å². The van der Waals surface area contributed by atoms with Gasteiger partial charge in [-0.1, -0.05) is 30.5 Å². The van der Waals surface area contributed by atoms with Crippen molar-refractivity contribution in [3.63, 3.8) is 0 Å². The molecular formula is C26H28FN5O4S2. The third-order valence-corrected chi connectivity index (χ3v) is 9.44. The number of rotatable bonds is 6. The van der Waals surface area contributed by atoms with Gasteiger partial charge in [-0.05, 0) is 25.0 Å². The number of nitrogens with zero attached hydrogens (tertiary/aromatic N) is 5. The standard InChI is InChI=1S/C26H28FN5O4S2/c1-38(33,34)18-7-8-19(21(27)13-18)20-14-37-23-22(20)28-15-29-25(23)35-17-9-11-32(12-10-17)26-30-24(31-36-26)16-5-3-2-4-6-16/h7-8,13-17H,2-6,9-12H2,1H3. The summed E-state index contributed by atoms with van der Waals surface area (Å²) in [5.41, 5.74) is 1.44. The highest BCUT2D eigenvalue weighted by Crippen LogP contribution is 2.39. The number of anilines is 1. The van der Waals surface area contributed by atoms with Crippen LogP contribution in [0.3, 0.4) is 0 Å². The summed E-state index contributed by atoms with van der Waals surface area (Å²) in [5, 5.41) is 6.05. The molecule has 0 unspecified atom stereocenters.